The largest absolute Gasteiger partial charge is 0.480 e. The van der Waals surface area contributed by atoms with Crippen LogP contribution in [0.25, 0.3) is 0 Å². The van der Waals surface area contributed by atoms with Gasteiger partial charge in [-0.2, -0.15) is 0 Å². The third kappa shape index (κ3) is 16.8. The number of hydrogen-bond donors (Lipinski definition) is 9. The molecule has 3 fully saturated rings. The number of rotatable bonds is 21. The molecular formula is C32H57N5O14P2. The number of amides is 2. The van der Waals surface area contributed by atoms with E-state index < -0.39 is 70.0 Å². The molecule has 0 aromatic heterocycles. The molecule has 9 N–H and O–H groups in total. The summed E-state index contributed by atoms with van der Waals surface area (Å²) in [5.41, 5.74) is -1.32. The highest BCUT2D eigenvalue weighted by atomic mass is 31.2. The summed E-state index contributed by atoms with van der Waals surface area (Å²) >= 11 is 0. The van der Waals surface area contributed by atoms with Crippen molar-refractivity contribution in [3.63, 3.8) is 0 Å². The van der Waals surface area contributed by atoms with Crippen LogP contribution >= 0.6 is 15.2 Å². The molecular weight excluding hydrogens is 740 g/mol. The van der Waals surface area contributed by atoms with E-state index >= 15 is 0 Å². The van der Waals surface area contributed by atoms with Crippen LogP contribution < -0.4 is 10.6 Å². The molecule has 0 bridgehead atoms. The average molecular weight is 798 g/mol. The topological polar surface area (TPSA) is 295 Å². The Bertz CT molecular complexity index is 1340. The van der Waals surface area contributed by atoms with Gasteiger partial charge in [-0.05, 0) is 88.9 Å². The zero-order valence-electron chi connectivity index (χ0n) is 30.0. The molecule has 0 aromatic carbocycles. The molecule has 3 aliphatic rings. The van der Waals surface area contributed by atoms with Gasteiger partial charge in [-0.15, -0.1) is 0 Å². The van der Waals surface area contributed by atoms with Crippen LogP contribution in [0.3, 0.4) is 0 Å². The number of nitrogens with zero attached hydrogens (tertiary/aromatic N) is 3. The molecule has 0 spiro atoms. The Balaban J connectivity index is 1.47. The second kappa shape index (κ2) is 21.0. The fraction of sp³-hybridized carbons (Fsp3) is 0.844. The highest BCUT2D eigenvalue weighted by Gasteiger charge is 2.37. The van der Waals surface area contributed by atoms with Crippen molar-refractivity contribution < 1.29 is 68.0 Å². The zero-order chi connectivity index (χ0) is 39.3. The first kappa shape index (κ1) is 44.9. The second-order valence-corrected chi connectivity index (χ2v) is 18.7. The summed E-state index contributed by atoms with van der Waals surface area (Å²) in [6.45, 7) is -1.90. The highest BCUT2D eigenvalue weighted by molar-refractivity contribution is 7.52. The quantitative estimate of drug-likeness (QED) is 0.0699. The lowest BCUT2D eigenvalue weighted by Crippen LogP contribution is -2.49. The first-order valence-corrected chi connectivity index (χ1v) is 21.7. The van der Waals surface area contributed by atoms with Crippen molar-refractivity contribution in [3.8, 4) is 0 Å². The maximum absolute atomic E-state index is 13.0. The number of carbonyl (C=O) groups is 5. The van der Waals surface area contributed by atoms with Crippen LogP contribution in [0.2, 0.25) is 0 Å². The smallest absolute Gasteiger partial charge is 0.328 e. The number of aliphatic carboxylic acids is 3. The molecule has 0 heterocycles. The molecule has 0 radical (unpaired) electrons. The van der Waals surface area contributed by atoms with Gasteiger partial charge in [0, 0.05) is 38.3 Å². The molecule has 2 amide bonds. The Labute approximate surface area is 309 Å². The van der Waals surface area contributed by atoms with Gasteiger partial charge in [-0.3, -0.25) is 47.8 Å². The molecule has 0 saturated heterocycles. The first-order chi connectivity index (χ1) is 24.8. The van der Waals surface area contributed by atoms with E-state index in [0.717, 1.165) is 38.5 Å². The van der Waals surface area contributed by atoms with Gasteiger partial charge < -0.3 is 45.5 Å². The van der Waals surface area contributed by atoms with Gasteiger partial charge in [-0.1, -0.05) is 0 Å². The number of carboxylic acids is 3. The highest BCUT2D eigenvalue weighted by Crippen LogP contribution is 2.51. The number of hydrogen-bond acceptors (Lipinski definition) is 10. The van der Waals surface area contributed by atoms with Crippen molar-refractivity contribution in [1.29, 1.82) is 0 Å². The van der Waals surface area contributed by atoms with Crippen LogP contribution in [0.4, 0.5) is 0 Å². The summed E-state index contributed by atoms with van der Waals surface area (Å²) in [6, 6.07) is -0.407. The van der Waals surface area contributed by atoms with Crippen LogP contribution in [0.15, 0.2) is 0 Å². The number of carbonyl (C=O) groups excluding carboxylic acids is 2. The van der Waals surface area contributed by atoms with Gasteiger partial charge in [0.1, 0.15) is 0 Å². The van der Waals surface area contributed by atoms with Crippen LogP contribution in [-0.2, 0) is 33.1 Å². The summed E-state index contributed by atoms with van der Waals surface area (Å²) in [5.74, 6) is -3.58. The van der Waals surface area contributed by atoms with Crippen molar-refractivity contribution in [2.24, 2.45) is 11.8 Å². The molecule has 0 aromatic rings. The minimum Gasteiger partial charge on any atom is -0.480 e. The van der Waals surface area contributed by atoms with Gasteiger partial charge in [0.15, 0.2) is 0 Å². The Morgan fingerprint density at radius 2 is 0.736 bits per heavy atom. The van der Waals surface area contributed by atoms with E-state index in [1.807, 2.05) is 0 Å². The Kier molecular flexibility index (Phi) is 17.8. The minimum absolute atomic E-state index is 0.00878. The van der Waals surface area contributed by atoms with Crippen molar-refractivity contribution in [2.75, 3.05) is 58.9 Å². The van der Waals surface area contributed by atoms with E-state index in [1.54, 1.807) is 0 Å². The van der Waals surface area contributed by atoms with E-state index in [-0.39, 0.29) is 70.1 Å². The molecule has 3 rings (SSSR count). The van der Waals surface area contributed by atoms with Crippen LogP contribution in [-0.4, -0.2) is 162 Å². The lowest BCUT2D eigenvalue weighted by Gasteiger charge is -2.38. The maximum atomic E-state index is 13.0. The van der Waals surface area contributed by atoms with Gasteiger partial charge in [0.25, 0.3) is 0 Å². The van der Waals surface area contributed by atoms with E-state index in [4.69, 9.17) is 0 Å². The van der Waals surface area contributed by atoms with Crippen LogP contribution in [0, 0.1) is 11.8 Å². The third-order valence-electron chi connectivity index (χ3n) is 10.8. The summed E-state index contributed by atoms with van der Waals surface area (Å²) in [7, 11) is -8.28. The Hall–Kier alpha value is -2.47. The SMILES string of the molecule is O=C(O)CN(CCN(CC(=O)O)CC(=O)NC1CCC(C2CCC(P(=O)(O)O)CC2)CC1)CCN(CC(=O)O)CC(=O)NC1CCC(P(=O)(O)O)CC1. The molecule has 0 atom stereocenters. The molecule has 21 heteroatoms. The molecule has 0 aliphatic heterocycles. The van der Waals surface area contributed by atoms with Gasteiger partial charge in [0.05, 0.1) is 44.0 Å². The summed E-state index contributed by atoms with van der Waals surface area (Å²) in [6.07, 6.45) is 7.03. The number of carboxylic acid groups (broad SMARTS) is 3. The maximum Gasteiger partial charge on any atom is 0.328 e. The fourth-order valence-electron chi connectivity index (χ4n) is 7.99. The lowest BCUT2D eigenvalue weighted by molar-refractivity contribution is -0.141. The van der Waals surface area contributed by atoms with E-state index in [2.05, 4.69) is 10.6 Å². The normalized spacial score (nSPS) is 25.6. The molecule has 3 saturated carbocycles. The Morgan fingerprint density at radius 1 is 0.453 bits per heavy atom. The van der Waals surface area contributed by atoms with Gasteiger partial charge in [0.2, 0.25) is 11.8 Å². The molecule has 304 valence electrons. The van der Waals surface area contributed by atoms with E-state index in [0.29, 0.717) is 37.5 Å². The van der Waals surface area contributed by atoms with Gasteiger partial charge in [-0.25, -0.2) is 0 Å². The van der Waals surface area contributed by atoms with Crippen molar-refractivity contribution in [2.45, 2.75) is 100 Å². The predicted octanol–water partition coefficient (Wildman–Crippen LogP) is 0.163. The zero-order valence-corrected chi connectivity index (χ0v) is 31.8. The standard InChI is InChI=1S/C32H57N5O14P2/c38-28(33-24-5-1-22(2-6-24)23-3-9-26(10-4-23)52(46,47)48)17-36(20-31(42)43)15-13-35(19-30(40)41)14-16-37(21-32(44)45)18-29(39)34-25-7-11-27(12-8-25)53(49,50)51/h22-27H,1-21H2,(H,33,38)(H,34,39)(H,40,41)(H,42,43)(H,44,45)(H2,46,47,48)(H2,49,50,51). The molecule has 53 heavy (non-hydrogen) atoms. The number of nitrogens with one attached hydrogen (secondary N) is 2. The molecule has 0 unspecified atom stereocenters. The van der Waals surface area contributed by atoms with Crippen molar-refractivity contribution in [1.82, 2.24) is 25.3 Å². The van der Waals surface area contributed by atoms with Crippen LogP contribution in [0.5, 0.6) is 0 Å². The van der Waals surface area contributed by atoms with Crippen molar-refractivity contribution in [3.05, 3.63) is 0 Å². The third-order valence-corrected chi connectivity index (χ3v) is 13.8. The van der Waals surface area contributed by atoms with E-state index in [1.165, 1.54) is 14.7 Å². The average Bonchev–Trinajstić information content (AvgIpc) is 3.05. The van der Waals surface area contributed by atoms with Crippen LogP contribution in [0.1, 0.15) is 77.0 Å². The predicted molar refractivity (Wildman–Crippen MR) is 190 cm³/mol. The molecule has 3 aliphatic carbocycles. The summed E-state index contributed by atoms with van der Waals surface area (Å²) in [4.78, 5) is 103. The first-order valence-electron chi connectivity index (χ1n) is 18.3. The minimum atomic E-state index is -4.22. The van der Waals surface area contributed by atoms with E-state index in [9.17, 15) is 68.0 Å². The van der Waals surface area contributed by atoms with Crippen molar-refractivity contribution >= 4 is 44.9 Å². The van der Waals surface area contributed by atoms with Gasteiger partial charge >= 0.3 is 33.1 Å². The summed E-state index contributed by atoms with van der Waals surface area (Å²) < 4.78 is 23.1. The lowest BCUT2D eigenvalue weighted by atomic mass is 9.72. The summed E-state index contributed by atoms with van der Waals surface area (Å²) in [5, 5.41) is 34.2. The molecule has 19 nitrogen and oxygen atoms in total. The Morgan fingerprint density at radius 3 is 1.08 bits per heavy atom. The second-order valence-electron chi connectivity index (χ2n) is 14.9. The monoisotopic (exact) mass is 797 g/mol. The fourth-order valence-corrected chi connectivity index (χ4v) is 9.93.